The van der Waals surface area contributed by atoms with Gasteiger partial charge in [-0.2, -0.15) is 0 Å². The molecule has 0 unspecified atom stereocenters. The summed E-state index contributed by atoms with van der Waals surface area (Å²) < 4.78 is 4.70. The van der Waals surface area contributed by atoms with Crippen LogP contribution >= 0.6 is 0 Å². The second-order valence-electron chi connectivity index (χ2n) is 4.71. The monoisotopic (exact) mass is 243 g/mol. The van der Waals surface area contributed by atoms with Gasteiger partial charge < -0.3 is 15.2 Å². The number of carboxylic acid groups (broad SMARTS) is 1. The van der Waals surface area contributed by atoms with Crippen molar-refractivity contribution in [3.8, 4) is 0 Å². The van der Waals surface area contributed by atoms with E-state index in [0.29, 0.717) is 12.8 Å². The maximum Gasteiger partial charge on any atom is 0.311 e. The molecule has 0 spiro atoms. The van der Waals surface area contributed by atoms with Crippen LogP contribution < -0.4 is 5.32 Å². The normalized spacial score (nSPS) is 19.4. The highest BCUT2D eigenvalue weighted by Crippen LogP contribution is 2.34. The Morgan fingerprint density at radius 1 is 1.24 bits per heavy atom. The fourth-order valence-corrected chi connectivity index (χ4v) is 2.32. The minimum atomic E-state index is -0.794. The highest BCUT2D eigenvalue weighted by Gasteiger charge is 2.38. The Balaban J connectivity index is 2.58. The number of carbonyl (C=O) groups excluding carboxylic acids is 1. The van der Waals surface area contributed by atoms with E-state index in [-0.39, 0.29) is 19.1 Å². The summed E-state index contributed by atoms with van der Waals surface area (Å²) in [5.74, 6) is -1.05. The lowest BCUT2D eigenvalue weighted by atomic mass is 9.80. The van der Waals surface area contributed by atoms with Gasteiger partial charge in [0.25, 0.3) is 0 Å². The minimum absolute atomic E-state index is 0.0182. The molecular weight excluding hydrogens is 222 g/mol. The van der Waals surface area contributed by atoms with E-state index in [4.69, 9.17) is 4.74 Å². The summed E-state index contributed by atoms with van der Waals surface area (Å²) in [7, 11) is 1.44. The first-order valence-electron chi connectivity index (χ1n) is 6.10. The van der Waals surface area contributed by atoms with Gasteiger partial charge in [-0.3, -0.25) is 9.59 Å². The Labute approximate surface area is 102 Å². The van der Waals surface area contributed by atoms with Gasteiger partial charge in [0.15, 0.2) is 0 Å². The number of aliphatic carboxylic acids is 1. The van der Waals surface area contributed by atoms with Crippen molar-refractivity contribution in [3.63, 3.8) is 0 Å². The largest absolute Gasteiger partial charge is 0.481 e. The molecule has 0 heterocycles. The number of hydrogen-bond donors (Lipinski definition) is 2. The lowest BCUT2D eigenvalue weighted by Crippen LogP contribution is -2.43. The van der Waals surface area contributed by atoms with Crippen molar-refractivity contribution >= 4 is 11.9 Å². The number of carboxylic acids is 1. The molecule has 0 atom stereocenters. The number of hydrogen-bond acceptors (Lipinski definition) is 3. The third kappa shape index (κ3) is 4.00. The van der Waals surface area contributed by atoms with Gasteiger partial charge in [-0.25, -0.2) is 0 Å². The third-order valence-corrected chi connectivity index (χ3v) is 3.41. The average molecular weight is 243 g/mol. The molecule has 5 nitrogen and oxygen atoms in total. The lowest BCUT2D eigenvalue weighted by Gasteiger charge is -2.28. The van der Waals surface area contributed by atoms with Crippen molar-refractivity contribution < 1.29 is 19.4 Å². The molecule has 1 aliphatic rings. The van der Waals surface area contributed by atoms with Crippen LogP contribution in [0.1, 0.15) is 38.5 Å². The summed E-state index contributed by atoms with van der Waals surface area (Å²) >= 11 is 0. The topological polar surface area (TPSA) is 75.6 Å². The van der Waals surface area contributed by atoms with Crippen LogP contribution in [0.5, 0.6) is 0 Å². The van der Waals surface area contributed by atoms with Gasteiger partial charge in [-0.05, 0) is 12.8 Å². The first-order valence-corrected chi connectivity index (χ1v) is 6.10. The third-order valence-electron chi connectivity index (χ3n) is 3.41. The van der Waals surface area contributed by atoms with Crippen molar-refractivity contribution in [2.24, 2.45) is 5.41 Å². The quantitative estimate of drug-likeness (QED) is 0.711. The van der Waals surface area contributed by atoms with Crippen LogP contribution in [0.3, 0.4) is 0 Å². The van der Waals surface area contributed by atoms with Gasteiger partial charge in [-0.1, -0.05) is 25.7 Å². The molecule has 5 heteroatoms. The molecule has 2 N–H and O–H groups in total. The first kappa shape index (κ1) is 14.0. The van der Waals surface area contributed by atoms with E-state index in [1.54, 1.807) is 0 Å². The zero-order valence-corrected chi connectivity index (χ0v) is 10.3. The molecule has 0 aliphatic heterocycles. The molecule has 17 heavy (non-hydrogen) atoms. The average Bonchev–Trinajstić information content (AvgIpc) is 2.53. The molecule has 1 rings (SSSR count). The van der Waals surface area contributed by atoms with Crippen LogP contribution in [0.4, 0.5) is 0 Å². The predicted octanol–water partition coefficient (Wildman–Crippen LogP) is 1.17. The molecule has 0 aromatic heterocycles. The van der Waals surface area contributed by atoms with E-state index in [2.05, 4.69) is 5.32 Å². The fraction of sp³-hybridized carbons (Fsp3) is 0.833. The summed E-state index contributed by atoms with van der Waals surface area (Å²) in [5, 5.41) is 12.0. The molecule has 1 aliphatic carbocycles. The molecule has 1 amide bonds. The Kier molecular flexibility index (Phi) is 5.41. The van der Waals surface area contributed by atoms with E-state index in [1.807, 2.05) is 0 Å². The number of amides is 1. The first-order chi connectivity index (χ1) is 8.10. The summed E-state index contributed by atoms with van der Waals surface area (Å²) in [6.45, 7) is 0.195. The van der Waals surface area contributed by atoms with Gasteiger partial charge in [0.2, 0.25) is 5.91 Å². The van der Waals surface area contributed by atoms with Crippen LogP contribution in [0.2, 0.25) is 0 Å². The van der Waals surface area contributed by atoms with Crippen LogP contribution in [0.15, 0.2) is 0 Å². The zero-order chi connectivity index (χ0) is 12.7. The molecule has 0 saturated heterocycles. The summed E-state index contributed by atoms with van der Waals surface area (Å²) in [4.78, 5) is 22.7. The standard InChI is InChI=1S/C12H21NO4/c1-17-8-10(14)13-9-12(11(15)16)6-4-2-3-5-7-12/h2-9H2,1H3,(H,13,14)(H,15,16). The summed E-state index contributed by atoms with van der Waals surface area (Å²) in [6.07, 6.45) is 5.31. The number of rotatable bonds is 5. The minimum Gasteiger partial charge on any atom is -0.481 e. The van der Waals surface area contributed by atoms with Gasteiger partial charge >= 0.3 is 5.97 Å². The number of nitrogens with one attached hydrogen (secondary N) is 1. The van der Waals surface area contributed by atoms with E-state index in [9.17, 15) is 14.7 Å². The van der Waals surface area contributed by atoms with Gasteiger partial charge in [0.05, 0.1) is 5.41 Å². The molecule has 0 aromatic carbocycles. The van der Waals surface area contributed by atoms with E-state index >= 15 is 0 Å². The number of carbonyl (C=O) groups is 2. The highest BCUT2D eigenvalue weighted by molar-refractivity contribution is 5.79. The van der Waals surface area contributed by atoms with Crippen molar-refractivity contribution in [1.29, 1.82) is 0 Å². The summed E-state index contributed by atoms with van der Waals surface area (Å²) in [5.41, 5.74) is -0.778. The van der Waals surface area contributed by atoms with Crippen molar-refractivity contribution in [3.05, 3.63) is 0 Å². The SMILES string of the molecule is COCC(=O)NCC1(C(=O)O)CCCCCC1. The second-order valence-corrected chi connectivity index (χ2v) is 4.71. The maximum absolute atomic E-state index is 11.4. The number of ether oxygens (including phenoxy) is 1. The Morgan fingerprint density at radius 2 is 1.82 bits per heavy atom. The summed E-state index contributed by atoms with van der Waals surface area (Å²) in [6, 6.07) is 0. The van der Waals surface area contributed by atoms with Crippen LogP contribution in [0.25, 0.3) is 0 Å². The second kappa shape index (κ2) is 6.59. The highest BCUT2D eigenvalue weighted by atomic mass is 16.5. The Bertz CT molecular complexity index is 270. The molecule has 0 aromatic rings. The van der Waals surface area contributed by atoms with Crippen molar-refractivity contribution in [2.75, 3.05) is 20.3 Å². The van der Waals surface area contributed by atoms with Gasteiger partial charge in [-0.15, -0.1) is 0 Å². The van der Waals surface area contributed by atoms with E-state index < -0.39 is 11.4 Å². The smallest absolute Gasteiger partial charge is 0.311 e. The van der Waals surface area contributed by atoms with Crippen molar-refractivity contribution in [1.82, 2.24) is 5.32 Å². The molecule has 1 fully saturated rings. The molecular formula is C12H21NO4. The number of methoxy groups -OCH3 is 1. The molecule has 0 radical (unpaired) electrons. The van der Waals surface area contributed by atoms with Crippen LogP contribution in [-0.2, 0) is 14.3 Å². The predicted molar refractivity (Wildman–Crippen MR) is 62.7 cm³/mol. The Hall–Kier alpha value is -1.10. The van der Waals surface area contributed by atoms with Gasteiger partial charge in [0.1, 0.15) is 6.61 Å². The van der Waals surface area contributed by atoms with Crippen LogP contribution in [-0.4, -0.2) is 37.2 Å². The molecule has 98 valence electrons. The van der Waals surface area contributed by atoms with Crippen molar-refractivity contribution in [2.45, 2.75) is 38.5 Å². The van der Waals surface area contributed by atoms with Crippen LogP contribution in [0, 0.1) is 5.41 Å². The van der Waals surface area contributed by atoms with Gasteiger partial charge in [0, 0.05) is 13.7 Å². The molecule has 0 bridgehead atoms. The zero-order valence-electron chi connectivity index (χ0n) is 10.3. The maximum atomic E-state index is 11.4. The van der Waals surface area contributed by atoms with E-state index in [1.165, 1.54) is 7.11 Å². The Morgan fingerprint density at radius 3 is 2.29 bits per heavy atom. The lowest BCUT2D eigenvalue weighted by molar-refractivity contribution is -0.150. The van der Waals surface area contributed by atoms with E-state index in [0.717, 1.165) is 25.7 Å². The molecule has 1 saturated carbocycles. The fourth-order valence-electron chi connectivity index (χ4n) is 2.32.